The monoisotopic (exact) mass is 272 g/mol. The second-order valence-corrected chi connectivity index (χ2v) is 6.13. The molecule has 1 atom stereocenters. The maximum atomic E-state index is 11.9. The van der Waals surface area contributed by atoms with Gasteiger partial charge in [0.15, 0.2) is 0 Å². The Labute approximate surface area is 121 Å². The molecule has 108 valence electrons. The third-order valence-corrected chi connectivity index (χ3v) is 4.90. The molecule has 2 aliphatic rings. The predicted octanol–water partition coefficient (Wildman–Crippen LogP) is 3.18. The molecule has 1 aliphatic carbocycles. The number of fused-ring (bicyclic) bond motifs is 1. The lowest BCUT2D eigenvalue weighted by Crippen LogP contribution is -2.26. The highest BCUT2D eigenvalue weighted by molar-refractivity contribution is 6.01. The summed E-state index contributed by atoms with van der Waals surface area (Å²) < 4.78 is 0. The molecule has 0 saturated heterocycles. The van der Waals surface area contributed by atoms with Crippen molar-refractivity contribution in [3.8, 4) is 0 Å². The van der Waals surface area contributed by atoms with Crippen molar-refractivity contribution in [3.05, 3.63) is 29.3 Å². The van der Waals surface area contributed by atoms with E-state index in [-0.39, 0.29) is 11.9 Å². The van der Waals surface area contributed by atoms with Gasteiger partial charge < -0.3 is 10.6 Å². The molecular formula is C17H24N2O. The lowest BCUT2D eigenvalue weighted by atomic mass is 9.81. The van der Waals surface area contributed by atoms with E-state index in [2.05, 4.69) is 18.2 Å². The minimum atomic E-state index is 0.131. The first-order valence-corrected chi connectivity index (χ1v) is 7.89. The molecule has 20 heavy (non-hydrogen) atoms. The molecule has 3 rings (SSSR count). The first-order chi connectivity index (χ1) is 9.70. The van der Waals surface area contributed by atoms with Crippen molar-refractivity contribution < 1.29 is 4.79 Å². The van der Waals surface area contributed by atoms with E-state index in [1.54, 1.807) is 0 Å². The first-order valence-electron chi connectivity index (χ1n) is 7.89. The zero-order chi connectivity index (χ0) is 14.1. The summed E-state index contributed by atoms with van der Waals surface area (Å²) in [5.74, 6) is 0.826. The Balaban J connectivity index is 1.82. The first kappa shape index (κ1) is 13.6. The number of benzene rings is 1. The van der Waals surface area contributed by atoms with Crippen LogP contribution in [0.4, 0.5) is 5.69 Å². The van der Waals surface area contributed by atoms with E-state index in [1.807, 2.05) is 11.8 Å². The van der Waals surface area contributed by atoms with Crippen LogP contribution in [0.15, 0.2) is 18.2 Å². The third-order valence-electron chi connectivity index (χ3n) is 4.90. The summed E-state index contributed by atoms with van der Waals surface area (Å²) in [6, 6.07) is 6.51. The summed E-state index contributed by atoms with van der Waals surface area (Å²) in [4.78, 5) is 13.8. The van der Waals surface area contributed by atoms with E-state index < -0.39 is 0 Å². The molecule has 0 bridgehead atoms. The van der Waals surface area contributed by atoms with Crippen LogP contribution in [-0.4, -0.2) is 12.5 Å². The summed E-state index contributed by atoms with van der Waals surface area (Å²) in [5, 5.41) is 0. The van der Waals surface area contributed by atoms with Crippen molar-refractivity contribution in [1.82, 2.24) is 0 Å². The van der Waals surface area contributed by atoms with Gasteiger partial charge in [-0.05, 0) is 42.9 Å². The zero-order valence-corrected chi connectivity index (χ0v) is 12.3. The number of hydrogen-bond donors (Lipinski definition) is 1. The maximum absolute atomic E-state index is 11.9. The van der Waals surface area contributed by atoms with Gasteiger partial charge >= 0.3 is 0 Å². The largest absolute Gasteiger partial charge is 0.324 e. The van der Waals surface area contributed by atoms with Crippen molar-refractivity contribution >= 4 is 11.6 Å². The molecule has 1 aromatic rings. The molecule has 1 saturated carbocycles. The van der Waals surface area contributed by atoms with Gasteiger partial charge in [-0.15, -0.1) is 0 Å². The molecule has 2 N–H and O–H groups in total. The number of carbonyl (C=O) groups is 1. The summed E-state index contributed by atoms with van der Waals surface area (Å²) in [5.41, 5.74) is 9.91. The Morgan fingerprint density at radius 2 is 2.05 bits per heavy atom. The van der Waals surface area contributed by atoms with E-state index in [9.17, 15) is 4.79 Å². The Bertz CT molecular complexity index is 506. The minimum absolute atomic E-state index is 0.131. The summed E-state index contributed by atoms with van der Waals surface area (Å²) in [6.07, 6.45) is 7.01. The highest BCUT2D eigenvalue weighted by Crippen LogP contribution is 2.36. The van der Waals surface area contributed by atoms with Crippen molar-refractivity contribution in [2.75, 3.05) is 11.4 Å². The maximum Gasteiger partial charge on any atom is 0.231 e. The average Bonchev–Trinajstić information content (AvgIpc) is 2.81. The van der Waals surface area contributed by atoms with Gasteiger partial charge in [0, 0.05) is 18.3 Å². The fourth-order valence-corrected chi connectivity index (χ4v) is 3.72. The van der Waals surface area contributed by atoms with E-state index in [4.69, 9.17) is 5.73 Å². The van der Waals surface area contributed by atoms with E-state index in [1.165, 1.54) is 37.7 Å². The SMILES string of the molecule is CCN1C(=O)Cc2cc(C(N)C3CCCCC3)ccc21. The van der Waals surface area contributed by atoms with E-state index in [0.29, 0.717) is 12.3 Å². The summed E-state index contributed by atoms with van der Waals surface area (Å²) >= 11 is 0. The van der Waals surface area contributed by atoms with Crippen molar-refractivity contribution in [2.45, 2.75) is 51.5 Å². The van der Waals surface area contributed by atoms with Crippen LogP contribution in [-0.2, 0) is 11.2 Å². The second kappa shape index (κ2) is 5.57. The van der Waals surface area contributed by atoms with Crippen LogP contribution < -0.4 is 10.6 Å². The molecule has 0 radical (unpaired) electrons. The second-order valence-electron chi connectivity index (χ2n) is 6.13. The van der Waals surface area contributed by atoms with Gasteiger partial charge in [-0.25, -0.2) is 0 Å². The Morgan fingerprint density at radius 1 is 1.30 bits per heavy atom. The third kappa shape index (κ3) is 2.35. The van der Waals surface area contributed by atoms with Crippen LogP contribution in [0.25, 0.3) is 0 Å². The number of anilines is 1. The van der Waals surface area contributed by atoms with Crippen molar-refractivity contribution in [2.24, 2.45) is 11.7 Å². The standard InChI is InChI=1S/C17H24N2O/c1-2-19-15-9-8-13(10-14(15)11-16(19)20)17(18)12-6-4-3-5-7-12/h8-10,12,17H,2-7,11,18H2,1H3. The lowest BCUT2D eigenvalue weighted by molar-refractivity contribution is -0.117. The highest BCUT2D eigenvalue weighted by Gasteiger charge is 2.28. The minimum Gasteiger partial charge on any atom is -0.324 e. The van der Waals surface area contributed by atoms with Crippen molar-refractivity contribution in [3.63, 3.8) is 0 Å². The summed E-state index contributed by atoms with van der Waals surface area (Å²) in [7, 11) is 0. The van der Waals surface area contributed by atoms with Gasteiger partial charge in [-0.1, -0.05) is 31.4 Å². The van der Waals surface area contributed by atoms with Crippen LogP contribution >= 0.6 is 0 Å². The predicted molar refractivity (Wildman–Crippen MR) is 81.7 cm³/mol. The molecule has 0 aromatic heterocycles. The lowest BCUT2D eigenvalue weighted by Gasteiger charge is -2.28. The van der Waals surface area contributed by atoms with Gasteiger partial charge in [-0.3, -0.25) is 4.79 Å². The summed E-state index contributed by atoms with van der Waals surface area (Å²) in [6.45, 7) is 2.77. The van der Waals surface area contributed by atoms with Gasteiger partial charge in [0.25, 0.3) is 0 Å². The molecular weight excluding hydrogens is 248 g/mol. The molecule has 1 aromatic carbocycles. The van der Waals surface area contributed by atoms with E-state index in [0.717, 1.165) is 17.8 Å². The number of amides is 1. The number of carbonyl (C=O) groups excluding carboxylic acids is 1. The topological polar surface area (TPSA) is 46.3 Å². The van der Waals surface area contributed by atoms with Gasteiger partial charge in [0.05, 0.1) is 6.42 Å². The molecule has 1 heterocycles. The van der Waals surface area contributed by atoms with Crippen molar-refractivity contribution in [1.29, 1.82) is 0 Å². The number of nitrogens with two attached hydrogens (primary N) is 1. The quantitative estimate of drug-likeness (QED) is 0.918. The zero-order valence-electron chi connectivity index (χ0n) is 12.3. The Morgan fingerprint density at radius 3 is 2.75 bits per heavy atom. The van der Waals surface area contributed by atoms with Crippen LogP contribution in [0.1, 0.15) is 56.2 Å². The molecule has 1 fully saturated rings. The van der Waals surface area contributed by atoms with Gasteiger partial charge in [0.2, 0.25) is 5.91 Å². The van der Waals surface area contributed by atoms with Gasteiger partial charge in [-0.2, -0.15) is 0 Å². The van der Waals surface area contributed by atoms with Crippen LogP contribution in [0, 0.1) is 5.92 Å². The smallest absolute Gasteiger partial charge is 0.231 e. The Hall–Kier alpha value is -1.35. The average molecular weight is 272 g/mol. The number of hydrogen-bond acceptors (Lipinski definition) is 2. The number of rotatable bonds is 3. The highest BCUT2D eigenvalue weighted by atomic mass is 16.2. The van der Waals surface area contributed by atoms with Crippen LogP contribution in [0.3, 0.4) is 0 Å². The molecule has 1 aliphatic heterocycles. The van der Waals surface area contributed by atoms with Gasteiger partial charge in [0.1, 0.15) is 0 Å². The fourth-order valence-electron chi connectivity index (χ4n) is 3.72. The van der Waals surface area contributed by atoms with Crippen LogP contribution in [0.2, 0.25) is 0 Å². The molecule has 3 heteroatoms. The number of nitrogens with zero attached hydrogens (tertiary/aromatic N) is 1. The Kier molecular flexibility index (Phi) is 3.79. The molecule has 3 nitrogen and oxygen atoms in total. The van der Waals surface area contributed by atoms with E-state index >= 15 is 0 Å². The van der Waals surface area contributed by atoms with Crippen LogP contribution in [0.5, 0.6) is 0 Å². The molecule has 0 spiro atoms. The molecule has 1 amide bonds. The molecule has 1 unspecified atom stereocenters. The number of likely N-dealkylation sites (N-methyl/N-ethyl adjacent to an activating group) is 1. The fraction of sp³-hybridized carbons (Fsp3) is 0.588. The normalized spacial score (nSPS) is 21.1.